The second kappa shape index (κ2) is 7.16. The standard InChI is InChI=1S/C20H26N2O3/c23-19-12-16(13-22(19)17-6-7-17)20(24)21-10-8-18(9-11-21)25-14-15-4-2-1-3-5-15/h1-5,16-18H,6-14H2/t16-/m1/s1. The Bertz CT molecular complexity index is 621. The van der Waals surface area contributed by atoms with E-state index in [9.17, 15) is 9.59 Å². The summed E-state index contributed by atoms with van der Waals surface area (Å²) in [5.41, 5.74) is 1.19. The second-order valence-electron chi connectivity index (χ2n) is 7.50. The van der Waals surface area contributed by atoms with Crippen LogP contribution < -0.4 is 0 Å². The molecule has 5 heteroatoms. The van der Waals surface area contributed by atoms with Crippen LogP contribution in [-0.2, 0) is 20.9 Å². The van der Waals surface area contributed by atoms with Gasteiger partial charge in [-0.2, -0.15) is 0 Å². The summed E-state index contributed by atoms with van der Waals surface area (Å²) in [6.45, 7) is 2.75. The van der Waals surface area contributed by atoms with E-state index in [0.29, 0.717) is 25.6 Å². The Kier molecular flexibility index (Phi) is 4.75. The molecule has 2 heterocycles. The molecule has 2 amide bonds. The molecule has 0 radical (unpaired) electrons. The lowest BCUT2D eigenvalue weighted by Crippen LogP contribution is -2.44. The van der Waals surface area contributed by atoms with Crippen molar-refractivity contribution in [2.24, 2.45) is 5.92 Å². The van der Waals surface area contributed by atoms with E-state index in [0.717, 1.165) is 38.8 Å². The first-order chi connectivity index (χ1) is 12.2. The van der Waals surface area contributed by atoms with Crippen LogP contribution in [0.3, 0.4) is 0 Å². The molecule has 134 valence electrons. The molecule has 1 aromatic carbocycles. The summed E-state index contributed by atoms with van der Waals surface area (Å²) >= 11 is 0. The van der Waals surface area contributed by atoms with E-state index in [1.807, 2.05) is 28.0 Å². The molecule has 0 spiro atoms. The van der Waals surface area contributed by atoms with Crippen LogP contribution in [0.5, 0.6) is 0 Å². The van der Waals surface area contributed by atoms with Gasteiger partial charge in [-0.3, -0.25) is 9.59 Å². The van der Waals surface area contributed by atoms with E-state index in [1.165, 1.54) is 5.56 Å². The molecule has 1 aliphatic carbocycles. The maximum atomic E-state index is 12.7. The molecule has 2 saturated heterocycles. The number of nitrogens with zero attached hydrogens (tertiary/aromatic N) is 2. The highest BCUT2D eigenvalue weighted by atomic mass is 16.5. The van der Waals surface area contributed by atoms with Gasteiger partial charge in [-0.15, -0.1) is 0 Å². The van der Waals surface area contributed by atoms with Crippen LogP contribution in [0.25, 0.3) is 0 Å². The zero-order chi connectivity index (χ0) is 17.2. The van der Waals surface area contributed by atoms with Crippen molar-refractivity contribution >= 4 is 11.8 Å². The molecule has 0 N–H and O–H groups in total. The topological polar surface area (TPSA) is 49.9 Å². The monoisotopic (exact) mass is 342 g/mol. The summed E-state index contributed by atoms with van der Waals surface area (Å²) in [4.78, 5) is 28.7. The number of hydrogen-bond acceptors (Lipinski definition) is 3. The zero-order valence-electron chi connectivity index (χ0n) is 14.6. The number of amides is 2. The summed E-state index contributed by atoms with van der Waals surface area (Å²) < 4.78 is 6.00. The molecule has 0 aromatic heterocycles. The highest BCUT2D eigenvalue weighted by molar-refractivity contribution is 5.89. The summed E-state index contributed by atoms with van der Waals surface area (Å²) in [7, 11) is 0. The van der Waals surface area contributed by atoms with E-state index < -0.39 is 0 Å². The fraction of sp³-hybridized carbons (Fsp3) is 0.600. The highest BCUT2D eigenvalue weighted by Crippen LogP contribution is 2.33. The molecule has 1 atom stereocenters. The third-order valence-electron chi connectivity index (χ3n) is 5.58. The number of ether oxygens (including phenoxy) is 1. The molecule has 3 fully saturated rings. The van der Waals surface area contributed by atoms with Crippen molar-refractivity contribution in [2.45, 2.75) is 50.9 Å². The van der Waals surface area contributed by atoms with Gasteiger partial charge in [0.2, 0.25) is 11.8 Å². The summed E-state index contributed by atoms with van der Waals surface area (Å²) in [6, 6.07) is 10.6. The van der Waals surface area contributed by atoms with E-state index in [1.54, 1.807) is 0 Å². The zero-order valence-corrected chi connectivity index (χ0v) is 14.6. The van der Waals surface area contributed by atoms with Crippen molar-refractivity contribution in [1.29, 1.82) is 0 Å². The minimum Gasteiger partial charge on any atom is -0.373 e. The molecule has 4 rings (SSSR count). The molecule has 3 aliphatic rings. The van der Waals surface area contributed by atoms with Gasteiger partial charge in [0.25, 0.3) is 0 Å². The average Bonchev–Trinajstić information content (AvgIpc) is 3.42. The quantitative estimate of drug-likeness (QED) is 0.824. The van der Waals surface area contributed by atoms with Crippen molar-refractivity contribution in [3.05, 3.63) is 35.9 Å². The maximum absolute atomic E-state index is 12.7. The molecule has 1 aromatic rings. The van der Waals surface area contributed by atoms with Gasteiger partial charge in [-0.25, -0.2) is 0 Å². The smallest absolute Gasteiger partial charge is 0.227 e. The van der Waals surface area contributed by atoms with Crippen molar-refractivity contribution in [2.75, 3.05) is 19.6 Å². The molecule has 1 saturated carbocycles. The lowest BCUT2D eigenvalue weighted by Gasteiger charge is -2.33. The summed E-state index contributed by atoms with van der Waals surface area (Å²) in [5, 5.41) is 0. The van der Waals surface area contributed by atoms with E-state index in [-0.39, 0.29) is 23.8 Å². The first-order valence-electron chi connectivity index (χ1n) is 9.44. The Labute approximate surface area is 148 Å². The van der Waals surface area contributed by atoms with Crippen LogP contribution in [0.2, 0.25) is 0 Å². The van der Waals surface area contributed by atoms with Crippen LogP contribution in [-0.4, -0.2) is 53.4 Å². The fourth-order valence-electron chi connectivity index (χ4n) is 3.93. The van der Waals surface area contributed by atoms with Gasteiger partial charge < -0.3 is 14.5 Å². The Morgan fingerprint density at radius 2 is 1.80 bits per heavy atom. The SMILES string of the molecule is O=C([C@@H]1CC(=O)N(C2CC2)C1)N1CCC(OCc2ccccc2)CC1. The molecular weight excluding hydrogens is 316 g/mol. The Balaban J connectivity index is 1.23. The van der Waals surface area contributed by atoms with Crippen LogP contribution in [0.1, 0.15) is 37.7 Å². The molecular formula is C20H26N2O3. The predicted octanol–water partition coefficient (Wildman–Crippen LogP) is 2.21. The van der Waals surface area contributed by atoms with Gasteiger partial charge in [0, 0.05) is 32.1 Å². The third-order valence-corrected chi connectivity index (χ3v) is 5.58. The number of likely N-dealkylation sites (tertiary alicyclic amines) is 2. The maximum Gasteiger partial charge on any atom is 0.227 e. The van der Waals surface area contributed by atoms with Gasteiger partial charge in [0.1, 0.15) is 0 Å². The summed E-state index contributed by atoms with van der Waals surface area (Å²) in [5.74, 6) is 0.204. The molecule has 25 heavy (non-hydrogen) atoms. The van der Waals surface area contributed by atoms with Gasteiger partial charge in [0.15, 0.2) is 0 Å². The lowest BCUT2D eigenvalue weighted by molar-refractivity contribution is -0.138. The number of rotatable bonds is 5. The van der Waals surface area contributed by atoms with Crippen LogP contribution in [0.4, 0.5) is 0 Å². The van der Waals surface area contributed by atoms with Crippen LogP contribution in [0, 0.1) is 5.92 Å². The predicted molar refractivity (Wildman–Crippen MR) is 93.7 cm³/mol. The van der Waals surface area contributed by atoms with E-state index in [2.05, 4.69) is 12.1 Å². The van der Waals surface area contributed by atoms with Crippen molar-refractivity contribution in [3.8, 4) is 0 Å². The van der Waals surface area contributed by atoms with E-state index in [4.69, 9.17) is 4.74 Å². The molecule has 0 bridgehead atoms. The normalized spacial score (nSPS) is 24.8. The number of piperidine rings is 1. The number of hydrogen-bond donors (Lipinski definition) is 0. The Morgan fingerprint density at radius 1 is 1.08 bits per heavy atom. The van der Waals surface area contributed by atoms with Gasteiger partial charge >= 0.3 is 0 Å². The minimum absolute atomic E-state index is 0.130. The number of carbonyl (C=O) groups excluding carboxylic acids is 2. The Morgan fingerprint density at radius 3 is 2.48 bits per heavy atom. The first kappa shape index (κ1) is 16.6. The van der Waals surface area contributed by atoms with Crippen LogP contribution in [0.15, 0.2) is 30.3 Å². The number of carbonyl (C=O) groups is 2. The van der Waals surface area contributed by atoms with Gasteiger partial charge in [-0.1, -0.05) is 30.3 Å². The Hall–Kier alpha value is -1.88. The second-order valence-corrected chi connectivity index (χ2v) is 7.50. The lowest BCUT2D eigenvalue weighted by atomic mass is 10.0. The summed E-state index contributed by atoms with van der Waals surface area (Å²) in [6.07, 6.45) is 4.60. The molecule has 2 aliphatic heterocycles. The molecule has 5 nitrogen and oxygen atoms in total. The average molecular weight is 342 g/mol. The van der Waals surface area contributed by atoms with Crippen LogP contribution >= 0.6 is 0 Å². The highest BCUT2D eigenvalue weighted by Gasteiger charge is 2.43. The van der Waals surface area contributed by atoms with E-state index >= 15 is 0 Å². The van der Waals surface area contributed by atoms with Crippen molar-refractivity contribution in [1.82, 2.24) is 9.80 Å². The number of benzene rings is 1. The largest absolute Gasteiger partial charge is 0.373 e. The first-order valence-corrected chi connectivity index (χ1v) is 9.44. The van der Waals surface area contributed by atoms with Crippen molar-refractivity contribution in [3.63, 3.8) is 0 Å². The van der Waals surface area contributed by atoms with Gasteiger partial charge in [0.05, 0.1) is 18.6 Å². The minimum atomic E-state index is -0.130. The fourth-order valence-corrected chi connectivity index (χ4v) is 3.93. The third kappa shape index (κ3) is 3.87. The molecule has 0 unspecified atom stereocenters. The van der Waals surface area contributed by atoms with Crippen molar-refractivity contribution < 1.29 is 14.3 Å². The van der Waals surface area contributed by atoms with Gasteiger partial charge in [-0.05, 0) is 31.2 Å².